The largest absolute Gasteiger partial charge is 0.456 e. The number of thiophene rings is 1. The average molecular weight is 724 g/mol. The zero-order valence-electron chi connectivity index (χ0n) is 29.3. The number of hydrogen-bond donors (Lipinski definition) is 0. The first kappa shape index (κ1) is 30.3. The molecule has 0 aliphatic carbocycles. The van der Waals surface area contributed by atoms with E-state index < -0.39 is 0 Å². The predicted octanol–water partition coefficient (Wildman–Crippen LogP) is 14.3. The number of aromatic nitrogens is 2. The van der Waals surface area contributed by atoms with Gasteiger partial charge in [-0.15, -0.1) is 11.3 Å². The molecular weight excluding hydrogens is 695 g/mol. The normalized spacial score (nSPS) is 12.0. The van der Waals surface area contributed by atoms with Crippen LogP contribution in [-0.4, -0.2) is 9.55 Å². The summed E-state index contributed by atoms with van der Waals surface area (Å²) in [4.78, 5) is 7.45. The summed E-state index contributed by atoms with van der Waals surface area (Å²) in [5.41, 5.74) is 10.7. The van der Waals surface area contributed by atoms with Crippen molar-refractivity contribution in [3.63, 3.8) is 0 Å². The summed E-state index contributed by atoms with van der Waals surface area (Å²) in [5, 5.41) is 6.88. The second-order valence-corrected chi connectivity index (χ2v) is 15.0. The van der Waals surface area contributed by atoms with Gasteiger partial charge in [0, 0.05) is 54.3 Å². The van der Waals surface area contributed by atoms with Gasteiger partial charge in [0.05, 0.1) is 26.8 Å². The first-order valence-electron chi connectivity index (χ1n) is 18.4. The van der Waals surface area contributed by atoms with E-state index in [9.17, 15) is 0 Å². The number of para-hydroxylation sites is 2. The van der Waals surface area contributed by atoms with E-state index in [4.69, 9.17) is 13.8 Å². The van der Waals surface area contributed by atoms with Gasteiger partial charge in [0.1, 0.15) is 16.7 Å². The quantitative estimate of drug-likeness (QED) is 0.177. The fourth-order valence-electron chi connectivity index (χ4n) is 8.37. The minimum atomic E-state index is 0.591. The van der Waals surface area contributed by atoms with Crippen molar-refractivity contribution in [3.05, 3.63) is 176 Å². The number of oxazole rings is 1. The molecule has 55 heavy (non-hydrogen) atoms. The molecule has 0 amide bonds. The van der Waals surface area contributed by atoms with Crippen molar-refractivity contribution in [1.29, 1.82) is 0 Å². The number of hydrogen-bond acceptors (Lipinski definition) is 5. The summed E-state index contributed by atoms with van der Waals surface area (Å²) in [5.74, 6) is 0.591. The first-order chi connectivity index (χ1) is 27.3. The van der Waals surface area contributed by atoms with Crippen LogP contribution in [0, 0.1) is 0 Å². The molecule has 258 valence electrons. The predicted molar refractivity (Wildman–Crippen MR) is 229 cm³/mol. The molecule has 0 saturated carbocycles. The topological polar surface area (TPSA) is 47.3 Å². The first-order valence-corrected chi connectivity index (χ1v) is 19.2. The molecule has 0 radical (unpaired) electrons. The van der Waals surface area contributed by atoms with Gasteiger partial charge in [-0.1, -0.05) is 91.0 Å². The Morgan fingerprint density at radius 2 is 1.18 bits per heavy atom. The lowest BCUT2D eigenvalue weighted by molar-refractivity contribution is 0.619. The molecule has 8 aromatic carbocycles. The Morgan fingerprint density at radius 1 is 0.491 bits per heavy atom. The maximum atomic E-state index is 6.49. The van der Waals surface area contributed by atoms with Crippen molar-refractivity contribution >= 4 is 103 Å². The fourth-order valence-corrected chi connectivity index (χ4v) is 9.58. The van der Waals surface area contributed by atoms with E-state index in [1.165, 1.54) is 36.5 Å². The number of benzene rings is 8. The van der Waals surface area contributed by atoms with Crippen molar-refractivity contribution in [1.82, 2.24) is 9.55 Å². The molecule has 6 heteroatoms. The SMILES string of the molecule is c1ccc(-c2nc3c(ccc4oc5ccc(N(c6ccc7c8ccccc8n(-c8ccccc8)c7c6)c6cccc7c6sc6ccccc67)cc5c43)o2)cc1. The smallest absolute Gasteiger partial charge is 0.227 e. The molecule has 4 aromatic heterocycles. The van der Waals surface area contributed by atoms with E-state index in [-0.39, 0.29) is 0 Å². The van der Waals surface area contributed by atoms with E-state index in [0.29, 0.717) is 5.89 Å². The molecule has 5 nitrogen and oxygen atoms in total. The molecule has 0 unspecified atom stereocenters. The molecular formula is C49H29N3O2S. The molecule has 0 saturated heterocycles. The zero-order valence-corrected chi connectivity index (χ0v) is 30.1. The maximum Gasteiger partial charge on any atom is 0.227 e. The maximum absolute atomic E-state index is 6.49. The van der Waals surface area contributed by atoms with E-state index in [1.807, 2.05) is 53.8 Å². The molecule has 0 N–H and O–H groups in total. The summed E-state index contributed by atoms with van der Waals surface area (Å²) in [7, 11) is 0. The summed E-state index contributed by atoms with van der Waals surface area (Å²) in [6, 6.07) is 62.1. The molecule has 0 aliphatic heterocycles. The fraction of sp³-hybridized carbons (Fsp3) is 0. The number of fused-ring (bicyclic) bond motifs is 11. The Kier molecular flexibility index (Phi) is 6.44. The highest BCUT2D eigenvalue weighted by Crippen LogP contribution is 2.47. The van der Waals surface area contributed by atoms with E-state index in [1.54, 1.807) is 0 Å². The number of anilines is 3. The van der Waals surface area contributed by atoms with E-state index in [2.05, 4.69) is 143 Å². The van der Waals surface area contributed by atoms with Gasteiger partial charge in [-0.2, -0.15) is 0 Å². The standard InChI is InChI=1S/C49H29N3O2S/c1-3-12-30(13-4-1)49-50-47-44(54-49)27-26-43-46(47)38-28-32(23-25-42(38)53-43)51(40-20-11-18-37-36-17-8-10-21-45(36)55-48(37)40)33-22-24-35-34-16-7-9-19-39(34)52(41(35)29-33)31-14-5-2-6-15-31/h1-29H. The lowest BCUT2D eigenvalue weighted by Crippen LogP contribution is -2.10. The van der Waals surface area contributed by atoms with Crippen LogP contribution in [0.1, 0.15) is 0 Å². The minimum Gasteiger partial charge on any atom is -0.456 e. The van der Waals surface area contributed by atoms with Crippen LogP contribution in [0.2, 0.25) is 0 Å². The minimum absolute atomic E-state index is 0.591. The van der Waals surface area contributed by atoms with Crippen LogP contribution in [0.25, 0.3) is 92.2 Å². The van der Waals surface area contributed by atoms with Gasteiger partial charge in [0.15, 0.2) is 5.58 Å². The van der Waals surface area contributed by atoms with Crippen molar-refractivity contribution in [3.8, 4) is 17.1 Å². The van der Waals surface area contributed by atoms with Crippen molar-refractivity contribution < 1.29 is 8.83 Å². The molecule has 4 heterocycles. The van der Waals surface area contributed by atoms with Gasteiger partial charge in [-0.25, -0.2) is 4.98 Å². The summed E-state index contributed by atoms with van der Waals surface area (Å²) in [6.07, 6.45) is 0. The Hall–Kier alpha value is -7.15. The monoisotopic (exact) mass is 723 g/mol. The lowest BCUT2D eigenvalue weighted by atomic mass is 10.1. The van der Waals surface area contributed by atoms with Gasteiger partial charge in [0.2, 0.25) is 5.89 Å². The molecule has 12 rings (SSSR count). The number of rotatable bonds is 5. The second kappa shape index (κ2) is 11.7. The van der Waals surface area contributed by atoms with Gasteiger partial charge in [-0.05, 0) is 84.9 Å². The summed E-state index contributed by atoms with van der Waals surface area (Å²) in [6.45, 7) is 0. The van der Waals surface area contributed by atoms with Crippen LogP contribution in [0.5, 0.6) is 0 Å². The highest BCUT2D eigenvalue weighted by molar-refractivity contribution is 7.26. The van der Waals surface area contributed by atoms with Gasteiger partial charge in [-0.3, -0.25) is 0 Å². The second-order valence-electron chi connectivity index (χ2n) is 13.9. The van der Waals surface area contributed by atoms with Crippen molar-refractivity contribution in [2.24, 2.45) is 0 Å². The molecule has 0 spiro atoms. The zero-order chi connectivity index (χ0) is 36.0. The van der Waals surface area contributed by atoms with Crippen LogP contribution in [0.4, 0.5) is 17.1 Å². The highest BCUT2D eigenvalue weighted by Gasteiger charge is 2.23. The van der Waals surface area contributed by atoms with Crippen LogP contribution in [0.3, 0.4) is 0 Å². The Morgan fingerprint density at radius 3 is 2.07 bits per heavy atom. The third kappa shape index (κ3) is 4.55. The number of nitrogens with zero attached hydrogens (tertiary/aromatic N) is 3. The van der Waals surface area contributed by atoms with Crippen LogP contribution < -0.4 is 4.90 Å². The van der Waals surface area contributed by atoms with Crippen molar-refractivity contribution in [2.75, 3.05) is 4.90 Å². The lowest BCUT2D eigenvalue weighted by Gasteiger charge is -2.26. The Labute approximate surface area is 318 Å². The van der Waals surface area contributed by atoms with Gasteiger partial charge >= 0.3 is 0 Å². The summed E-state index contributed by atoms with van der Waals surface area (Å²) < 4.78 is 17.7. The van der Waals surface area contributed by atoms with Crippen LogP contribution in [0.15, 0.2) is 185 Å². The van der Waals surface area contributed by atoms with Gasteiger partial charge < -0.3 is 18.3 Å². The highest BCUT2D eigenvalue weighted by atomic mass is 32.1. The third-order valence-corrected chi connectivity index (χ3v) is 12.0. The Bertz CT molecular complexity index is 3450. The average Bonchev–Trinajstić information content (AvgIpc) is 4.02. The number of furan rings is 1. The molecule has 0 fully saturated rings. The third-order valence-electron chi connectivity index (χ3n) is 10.8. The van der Waals surface area contributed by atoms with Gasteiger partial charge in [0.25, 0.3) is 0 Å². The van der Waals surface area contributed by atoms with E-state index in [0.717, 1.165) is 66.9 Å². The summed E-state index contributed by atoms with van der Waals surface area (Å²) >= 11 is 1.84. The molecule has 0 bridgehead atoms. The molecule has 12 aromatic rings. The van der Waals surface area contributed by atoms with E-state index >= 15 is 0 Å². The molecule has 0 aliphatic rings. The Balaban J connectivity index is 1.14. The van der Waals surface area contributed by atoms with Crippen LogP contribution in [-0.2, 0) is 0 Å². The van der Waals surface area contributed by atoms with Crippen LogP contribution >= 0.6 is 11.3 Å². The van der Waals surface area contributed by atoms with Crippen molar-refractivity contribution in [2.45, 2.75) is 0 Å². The molecule has 0 atom stereocenters.